The molecule has 36 heavy (non-hydrogen) atoms. The lowest BCUT2D eigenvalue weighted by Gasteiger charge is -2.40. The van der Waals surface area contributed by atoms with E-state index in [0.29, 0.717) is 11.8 Å². The summed E-state index contributed by atoms with van der Waals surface area (Å²) in [6, 6.07) is 13.4. The van der Waals surface area contributed by atoms with Crippen molar-refractivity contribution >= 4 is 17.2 Å². The number of nitro benzene ring substituents is 2. The summed E-state index contributed by atoms with van der Waals surface area (Å²) in [4.78, 5) is 38.9. The summed E-state index contributed by atoms with van der Waals surface area (Å²) in [7, 11) is 0. The average molecular weight is 495 g/mol. The highest BCUT2D eigenvalue weighted by molar-refractivity contribution is 5.88. The van der Waals surface area contributed by atoms with Gasteiger partial charge in [0.05, 0.1) is 21.9 Å². The second-order valence-corrected chi connectivity index (χ2v) is 10.1. The molecule has 4 rings (SSSR count). The van der Waals surface area contributed by atoms with Crippen molar-refractivity contribution in [3.05, 3.63) is 79.9 Å². The van der Waals surface area contributed by atoms with Gasteiger partial charge in [0.15, 0.2) is 5.78 Å². The normalized spacial score (nSPS) is 20.1. The molecule has 2 aliphatic rings. The molecule has 0 aliphatic carbocycles. The molecule has 9 nitrogen and oxygen atoms in total. The van der Waals surface area contributed by atoms with Crippen LogP contribution in [0.4, 0.5) is 11.4 Å². The predicted molar refractivity (Wildman–Crippen MR) is 137 cm³/mol. The number of rotatable bonds is 8. The first-order valence-corrected chi connectivity index (χ1v) is 12.7. The van der Waals surface area contributed by atoms with Gasteiger partial charge in [0.2, 0.25) is 0 Å². The van der Waals surface area contributed by atoms with Crippen LogP contribution in [0.5, 0.6) is 0 Å². The fourth-order valence-corrected chi connectivity index (χ4v) is 5.69. The Morgan fingerprint density at radius 2 is 1.00 bits per heavy atom. The first-order chi connectivity index (χ1) is 17.2. The van der Waals surface area contributed by atoms with Gasteiger partial charge in [-0.2, -0.15) is 0 Å². The second-order valence-electron chi connectivity index (χ2n) is 10.1. The van der Waals surface area contributed by atoms with Crippen molar-refractivity contribution in [1.82, 2.24) is 9.80 Å². The lowest BCUT2D eigenvalue weighted by molar-refractivity contribution is -0.385. The van der Waals surface area contributed by atoms with Gasteiger partial charge in [-0.05, 0) is 88.7 Å². The molecule has 0 bridgehead atoms. The summed E-state index contributed by atoms with van der Waals surface area (Å²) >= 11 is 0. The molecule has 2 aromatic carbocycles. The Kier molecular flexibility index (Phi) is 8.11. The van der Waals surface area contributed by atoms with Gasteiger partial charge < -0.3 is 0 Å². The molecule has 9 heteroatoms. The molecular weight excluding hydrogens is 460 g/mol. The van der Waals surface area contributed by atoms with Crippen molar-refractivity contribution in [2.45, 2.75) is 63.5 Å². The van der Waals surface area contributed by atoms with Gasteiger partial charge in [0.1, 0.15) is 0 Å². The van der Waals surface area contributed by atoms with Gasteiger partial charge in [-0.15, -0.1) is 0 Å². The van der Waals surface area contributed by atoms with Crippen LogP contribution in [0, 0.1) is 20.2 Å². The second kappa shape index (κ2) is 11.3. The third kappa shape index (κ3) is 5.79. The van der Waals surface area contributed by atoms with Crippen molar-refractivity contribution in [1.29, 1.82) is 0 Å². The van der Waals surface area contributed by atoms with Gasteiger partial charge in [0.25, 0.3) is 11.4 Å². The smallest absolute Gasteiger partial charge is 0.269 e. The Morgan fingerprint density at radius 1 is 0.694 bits per heavy atom. The molecule has 0 amide bonds. The number of hydrogen-bond acceptors (Lipinski definition) is 7. The molecule has 192 valence electrons. The third-order valence-electron chi connectivity index (χ3n) is 8.13. The van der Waals surface area contributed by atoms with Crippen LogP contribution in [0.3, 0.4) is 0 Å². The van der Waals surface area contributed by atoms with Crippen LogP contribution in [0.1, 0.15) is 62.5 Å². The Morgan fingerprint density at radius 3 is 1.28 bits per heavy atom. The van der Waals surface area contributed by atoms with Crippen molar-refractivity contribution in [2.24, 2.45) is 0 Å². The zero-order chi connectivity index (χ0) is 25.8. The minimum Gasteiger partial charge on any atom is -0.296 e. The fraction of sp³-hybridized carbons (Fsp3) is 0.519. The van der Waals surface area contributed by atoms with Crippen molar-refractivity contribution < 1.29 is 14.6 Å². The lowest BCUT2D eigenvalue weighted by Crippen LogP contribution is -2.52. The predicted octanol–water partition coefficient (Wildman–Crippen LogP) is 4.91. The molecule has 2 fully saturated rings. The molecule has 0 spiro atoms. The molecule has 2 atom stereocenters. The van der Waals surface area contributed by atoms with E-state index in [4.69, 9.17) is 0 Å². The molecule has 0 radical (unpaired) electrons. The molecule has 2 saturated heterocycles. The number of nitrogens with zero attached hydrogens (tertiary/aromatic N) is 4. The zero-order valence-electron chi connectivity index (χ0n) is 20.9. The SMILES string of the molecule is CC(C(=O)C(C)N1CCC(c2ccc([N+](=O)[O-])cc2)CC1)N1CCC(c2ccc([N+](=O)[O-])cc2)CC1. The first-order valence-electron chi connectivity index (χ1n) is 12.7. The molecule has 2 heterocycles. The van der Waals surface area contributed by atoms with E-state index >= 15 is 0 Å². The minimum absolute atomic E-state index is 0.112. The fourth-order valence-electron chi connectivity index (χ4n) is 5.69. The molecular formula is C27H34N4O5. The molecule has 0 aromatic heterocycles. The van der Waals surface area contributed by atoms with E-state index in [9.17, 15) is 25.0 Å². The monoisotopic (exact) mass is 494 g/mol. The lowest BCUT2D eigenvalue weighted by atomic mass is 9.87. The number of benzene rings is 2. The van der Waals surface area contributed by atoms with Crippen LogP contribution in [0.15, 0.2) is 48.5 Å². The minimum atomic E-state index is -0.376. The topological polar surface area (TPSA) is 110 Å². The van der Waals surface area contributed by atoms with Gasteiger partial charge in [0, 0.05) is 24.3 Å². The number of ketones is 1. The number of nitro groups is 2. The summed E-state index contributed by atoms with van der Waals surface area (Å²) in [5.41, 5.74) is 2.48. The average Bonchev–Trinajstić information content (AvgIpc) is 2.92. The number of hydrogen-bond donors (Lipinski definition) is 0. The maximum atomic E-state index is 13.3. The quantitative estimate of drug-likeness (QED) is 0.379. The van der Waals surface area contributed by atoms with Crippen LogP contribution in [0.25, 0.3) is 0 Å². The van der Waals surface area contributed by atoms with E-state index < -0.39 is 0 Å². The highest BCUT2D eigenvalue weighted by Gasteiger charge is 2.33. The van der Waals surface area contributed by atoms with Gasteiger partial charge in [-0.1, -0.05) is 24.3 Å². The Labute approximate surface area is 211 Å². The largest absolute Gasteiger partial charge is 0.296 e. The summed E-state index contributed by atoms with van der Waals surface area (Å²) in [5, 5.41) is 21.8. The van der Waals surface area contributed by atoms with Gasteiger partial charge in [-0.3, -0.25) is 34.8 Å². The molecule has 0 saturated carbocycles. The Balaban J connectivity index is 1.26. The standard InChI is InChI=1S/C27H34N4O5/c1-19(28-15-11-23(12-16-28)21-3-7-25(8-4-21)30(33)34)27(32)20(2)29-17-13-24(14-18-29)22-5-9-26(10-6-22)31(35)36/h3-10,19-20,23-24H,11-18H2,1-2H3. The van der Waals surface area contributed by atoms with E-state index in [0.717, 1.165) is 63.0 Å². The molecule has 2 unspecified atom stereocenters. The Bertz CT molecular complexity index is 987. The van der Waals surface area contributed by atoms with Crippen LogP contribution in [0.2, 0.25) is 0 Å². The summed E-state index contributed by atoms with van der Waals surface area (Å²) in [6.45, 7) is 7.36. The van der Waals surface area contributed by atoms with Gasteiger partial charge >= 0.3 is 0 Å². The van der Waals surface area contributed by atoms with E-state index in [1.807, 2.05) is 38.1 Å². The van der Waals surface area contributed by atoms with E-state index in [2.05, 4.69) is 9.80 Å². The third-order valence-corrected chi connectivity index (χ3v) is 8.13. The maximum absolute atomic E-state index is 13.3. The van der Waals surface area contributed by atoms with E-state index in [1.165, 1.54) is 0 Å². The van der Waals surface area contributed by atoms with Crippen LogP contribution >= 0.6 is 0 Å². The summed E-state index contributed by atoms with van der Waals surface area (Å²) < 4.78 is 0. The maximum Gasteiger partial charge on any atom is 0.269 e. The Hall–Kier alpha value is -3.17. The first kappa shape index (κ1) is 25.9. The number of likely N-dealkylation sites (tertiary alicyclic amines) is 2. The number of Topliss-reactive ketones (excluding diaryl/α,β-unsaturated/α-hetero) is 1. The molecule has 2 aromatic rings. The zero-order valence-corrected chi connectivity index (χ0v) is 20.9. The number of carbonyl (C=O) groups excluding carboxylic acids is 1. The molecule has 0 N–H and O–H groups in total. The van der Waals surface area contributed by atoms with E-state index in [-0.39, 0.29) is 39.1 Å². The van der Waals surface area contributed by atoms with Crippen molar-refractivity contribution in [3.8, 4) is 0 Å². The number of piperidine rings is 2. The number of non-ortho nitro benzene ring substituents is 2. The highest BCUT2D eigenvalue weighted by Crippen LogP contribution is 2.32. The van der Waals surface area contributed by atoms with Crippen LogP contribution in [-0.2, 0) is 4.79 Å². The van der Waals surface area contributed by atoms with E-state index in [1.54, 1.807) is 24.3 Å². The summed E-state index contributed by atoms with van der Waals surface area (Å²) in [5.74, 6) is 0.970. The number of carbonyl (C=O) groups is 1. The van der Waals surface area contributed by atoms with Gasteiger partial charge in [-0.25, -0.2) is 0 Å². The van der Waals surface area contributed by atoms with Crippen molar-refractivity contribution in [3.63, 3.8) is 0 Å². The molecule has 2 aliphatic heterocycles. The highest BCUT2D eigenvalue weighted by atomic mass is 16.6. The summed E-state index contributed by atoms with van der Waals surface area (Å²) in [6.07, 6.45) is 3.74. The van der Waals surface area contributed by atoms with Crippen LogP contribution < -0.4 is 0 Å². The van der Waals surface area contributed by atoms with Crippen molar-refractivity contribution in [2.75, 3.05) is 26.2 Å². The van der Waals surface area contributed by atoms with Crippen LogP contribution in [-0.4, -0.2) is 63.7 Å².